The Balaban J connectivity index is 2.69. The second-order valence-corrected chi connectivity index (χ2v) is 2.63. The molecular weight excluding hydrogens is 147 g/mol. The van der Waals surface area contributed by atoms with Crippen molar-refractivity contribution in [3.8, 4) is 5.75 Å². The topological polar surface area (TPSA) is 43.3 Å². The lowest BCUT2D eigenvalue weighted by Crippen LogP contribution is -1.84. The van der Waals surface area contributed by atoms with Crippen molar-refractivity contribution in [2.24, 2.45) is 0 Å². The molecule has 0 aliphatic rings. The van der Waals surface area contributed by atoms with Crippen molar-refractivity contribution in [1.82, 2.24) is 0 Å². The van der Waals surface area contributed by atoms with Crippen molar-refractivity contribution in [3.05, 3.63) is 29.8 Å². The number of phenols is 1. The molecule has 0 heterocycles. The Morgan fingerprint density at radius 3 is 2.40 bits per heavy atom. The van der Waals surface area contributed by atoms with Gasteiger partial charge < -0.3 is 10.00 Å². The zero-order valence-electron chi connectivity index (χ0n) is 5.37. The van der Waals surface area contributed by atoms with E-state index in [0.717, 1.165) is 5.56 Å². The predicted octanol–water partition coefficient (Wildman–Crippen LogP) is 0.846. The molecule has 0 aromatic heterocycles. The molecule has 0 fully saturated rings. The SMILES string of the molecule is [O-]PCc1ccc(O)cc1. The molecule has 0 saturated carbocycles. The van der Waals surface area contributed by atoms with Crippen molar-refractivity contribution >= 4 is 8.81 Å². The normalized spacial score (nSPS) is 10.9. The van der Waals surface area contributed by atoms with Gasteiger partial charge in [0, 0.05) is 0 Å². The van der Waals surface area contributed by atoms with Crippen LogP contribution in [0.2, 0.25) is 0 Å². The van der Waals surface area contributed by atoms with Crippen molar-refractivity contribution in [3.63, 3.8) is 0 Å². The summed E-state index contributed by atoms with van der Waals surface area (Å²) >= 11 is 0. The zero-order valence-corrected chi connectivity index (χ0v) is 6.37. The molecule has 54 valence electrons. The van der Waals surface area contributed by atoms with E-state index >= 15 is 0 Å². The van der Waals surface area contributed by atoms with Gasteiger partial charge in [0.25, 0.3) is 0 Å². The number of hydrogen-bond acceptors (Lipinski definition) is 2. The Bertz CT molecular complexity index is 195. The van der Waals surface area contributed by atoms with Gasteiger partial charge in [-0.1, -0.05) is 12.1 Å². The van der Waals surface area contributed by atoms with Crippen LogP contribution in [0.15, 0.2) is 24.3 Å². The average Bonchev–Trinajstić information content (AvgIpc) is 1.95. The molecule has 0 aliphatic heterocycles. The van der Waals surface area contributed by atoms with Gasteiger partial charge in [0.05, 0.1) is 0 Å². The maximum atomic E-state index is 10.1. The first-order valence-electron chi connectivity index (χ1n) is 2.96. The molecule has 0 aliphatic carbocycles. The highest BCUT2D eigenvalue weighted by Gasteiger charge is 1.87. The molecule has 1 aromatic carbocycles. The summed E-state index contributed by atoms with van der Waals surface area (Å²) in [7, 11) is -0.300. The van der Waals surface area contributed by atoms with Crippen LogP contribution >= 0.6 is 8.81 Å². The Kier molecular flexibility index (Phi) is 2.67. The van der Waals surface area contributed by atoms with Crippen LogP contribution in [-0.4, -0.2) is 5.11 Å². The van der Waals surface area contributed by atoms with Crippen LogP contribution in [0.4, 0.5) is 0 Å². The summed E-state index contributed by atoms with van der Waals surface area (Å²) in [5.41, 5.74) is 0.992. The number of phenolic OH excluding ortho intramolecular Hbond substituents is 1. The number of aromatic hydroxyl groups is 1. The van der Waals surface area contributed by atoms with Crippen LogP contribution in [0.5, 0.6) is 5.75 Å². The minimum atomic E-state index is -0.300. The van der Waals surface area contributed by atoms with Crippen molar-refractivity contribution in [2.75, 3.05) is 0 Å². The molecule has 3 heteroatoms. The van der Waals surface area contributed by atoms with E-state index in [1.165, 1.54) is 0 Å². The van der Waals surface area contributed by atoms with E-state index in [2.05, 4.69) is 0 Å². The minimum Gasteiger partial charge on any atom is -0.831 e. The summed E-state index contributed by atoms with van der Waals surface area (Å²) in [6.07, 6.45) is 0.570. The number of hydrogen-bond donors (Lipinski definition) is 1. The monoisotopic (exact) mass is 155 g/mol. The molecule has 0 saturated heterocycles. The molecule has 1 unspecified atom stereocenters. The molecule has 0 radical (unpaired) electrons. The summed E-state index contributed by atoms with van der Waals surface area (Å²) in [6, 6.07) is 6.71. The fourth-order valence-electron chi connectivity index (χ4n) is 0.697. The zero-order chi connectivity index (χ0) is 7.40. The minimum absolute atomic E-state index is 0.248. The lowest BCUT2D eigenvalue weighted by atomic mass is 10.2. The Morgan fingerprint density at radius 2 is 1.90 bits per heavy atom. The van der Waals surface area contributed by atoms with Gasteiger partial charge in [0.15, 0.2) is 0 Å². The fourth-order valence-corrected chi connectivity index (χ4v) is 1.10. The highest BCUT2D eigenvalue weighted by molar-refractivity contribution is 7.28. The Hall–Kier alpha value is -0.590. The molecule has 10 heavy (non-hydrogen) atoms. The van der Waals surface area contributed by atoms with Crippen LogP contribution in [0, 0.1) is 0 Å². The lowest BCUT2D eigenvalue weighted by molar-refractivity contribution is -0.150. The van der Waals surface area contributed by atoms with E-state index in [4.69, 9.17) is 5.11 Å². The second kappa shape index (κ2) is 3.55. The van der Waals surface area contributed by atoms with Gasteiger partial charge in [-0.3, -0.25) is 0 Å². The van der Waals surface area contributed by atoms with Crippen LogP contribution in [0.1, 0.15) is 5.56 Å². The molecule has 0 amide bonds. The third-order valence-electron chi connectivity index (χ3n) is 1.21. The maximum absolute atomic E-state index is 10.1. The van der Waals surface area contributed by atoms with Crippen molar-refractivity contribution < 1.29 is 10.00 Å². The lowest BCUT2D eigenvalue weighted by Gasteiger charge is -2.03. The Labute approximate surface area is 61.4 Å². The van der Waals surface area contributed by atoms with Gasteiger partial charge in [-0.2, -0.15) is 0 Å². The van der Waals surface area contributed by atoms with Gasteiger partial charge in [0.1, 0.15) is 5.75 Å². The summed E-state index contributed by atoms with van der Waals surface area (Å²) in [5, 5.41) is 8.85. The van der Waals surface area contributed by atoms with Gasteiger partial charge >= 0.3 is 0 Å². The van der Waals surface area contributed by atoms with E-state index < -0.39 is 0 Å². The Morgan fingerprint density at radius 1 is 1.30 bits per heavy atom. The van der Waals surface area contributed by atoms with E-state index in [-0.39, 0.29) is 14.6 Å². The van der Waals surface area contributed by atoms with Crippen LogP contribution in [0.3, 0.4) is 0 Å². The average molecular weight is 155 g/mol. The highest BCUT2D eigenvalue weighted by atomic mass is 31.1. The van der Waals surface area contributed by atoms with Gasteiger partial charge in [0.2, 0.25) is 0 Å². The molecule has 1 rings (SSSR count). The summed E-state index contributed by atoms with van der Waals surface area (Å²) in [5.74, 6) is 0.248. The third-order valence-corrected chi connectivity index (χ3v) is 1.77. The number of rotatable bonds is 2. The maximum Gasteiger partial charge on any atom is 0.115 e. The van der Waals surface area contributed by atoms with Gasteiger partial charge in [-0.05, 0) is 23.9 Å². The first-order chi connectivity index (χ1) is 4.83. The largest absolute Gasteiger partial charge is 0.831 e. The predicted molar refractivity (Wildman–Crippen MR) is 40.1 cm³/mol. The standard InChI is InChI=1S/C7H8O2P/c8-7-3-1-6(2-4-7)5-10-9/h1-4,8,10H,5H2/q-1. The molecule has 1 aromatic rings. The van der Waals surface area contributed by atoms with Crippen LogP contribution in [-0.2, 0) is 6.16 Å². The first-order valence-corrected chi connectivity index (χ1v) is 4.07. The van der Waals surface area contributed by atoms with Crippen LogP contribution < -0.4 is 4.89 Å². The first kappa shape index (κ1) is 7.52. The summed E-state index contributed by atoms with van der Waals surface area (Å²) in [6.45, 7) is 0. The molecule has 1 atom stereocenters. The van der Waals surface area contributed by atoms with Crippen LogP contribution in [0.25, 0.3) is 0 Å². The van der Waals surface area contributed by atoms with Crippen molar-refractivity contribution in [2.45, 2.75) is 6.16 Å². The van der Waals surface area contributed by atoms with E-state index in [9.17, 15) is 4.89 Å². The highest BCUT2D eigenvalue weighted by Crippen LogP contribution is 2.14. The molecule has 0 bridgehead atoms. The summed E-state index contributed by atoms with van der Waals surface area (Å²) in [4.78, 5) is 10.1. The third kappa shape index (κ3) is 1.98. The smallest absolute Gasteiger partial charge is 0.115 e. The number of benzene rings is 1. The molecule has 1 N–H and O–H groups in total. The van der Waals surface area contributed by atoms with E-state index in [1.54, 1.807) is 24.3 Å². The van der Waals surface area contributed by atoms with Gasteiger partial charge in [-0.25, -0.2) is 8.81 Å². The summed E-state index contributed by atoms with van der Waals surface area (Å²) < 4.78 is 0. The molecular formula is C7H8O2P-. The van der Waals surface area contributed by atoms with Crippen molar-refractivity contribution in [1.29, 1.82) is 0 Å². The fraction of sp³-hybridized carbons (Fsp3) is 0.143. The second-order valence-electron chi connectivity index (χ2n) is 1.99. The molecule has 0 spiro atoms. The van der Waals surface area contributed by atoms with Gasteiger partial charge in [-0.15, -0.1) is 0 Å². The van der Waals surface area contributed by atoms with E-state index in [0.29, 0.717) is 6.16 Å². The quantitative estimate of drug-likeness (QED) is 0.643. The van der Waals surface area contributed by atoms with E-state index in [1.807, 2.05) is 0 Å². The molecule has 2 nitrogen and oxygen atoms in total.